The van der Waals surface area contributed by atoms with E-state index in [-0.39, 0.29) is 24.0 Å². The molecule has 158 valence electrons. The number of carbonyl (C=O) groups excluding carboxylic acids is 1. The number of halogens is 1. The first-order chi connectivity index (χ1) is 13.6. The number of hydrogen-bond acceptors (Lipinski definition) is 6. The van der Waals surface area contributed by atoms with Crippen LogP contribution >= 0.6 is 24.0 Å². The Morgan fingerprint density at radius 3 is 2.69 bits per heavy atom. The van der Waals surface area contributed by atoms with Crippen molar-refractivity contribution in [3.63, 3.8) is 0 Å². The van der Waals surface area contributed by atoms with Crippen molar-refractivity contribution >= 4 is 41.7 Å². The summed E-state index contributed by atoms with van der Waals surface area (Å²) < 4.78 is 10.4. The number of piperazine rings is 1. The molecular formula is C20H28IN5O3. The summed E-state index contributed by atoms with van der Waals surface area (Å²) in [5.74, 6) is 2.64. The molecule has 0 saturated carbocycles. The maximum Gasteiger partial charge on any atom is 0.341 e. The van der Waals surface area contributed by atoms with Crippen LogP contribution in [0.2, 0.25) is 0 Å². The van der Waals surface area contributed by atoms with Gasteiger partial charge in [-0.25, -0.2) is 14.8 Å². The van der Waals surface area contributed by atoms with Crippen LogP contribution < -0.4 is 10.2 Å². The topological polar surface area (TPSA) is 83.2 Å². The van der Waals surface area contributed by atoms with Crippen molar-refractivity contribution in [1.82, 2.24) is 15.2 Å². The molecule has 2 aromatic heterocycles. The van der Waals surface area contributed by atoms with E-state index in [0.29, 0.717) is 23.6 Å². The molecule has 29 heavy (non-hydrogen) atoms. The highest BCUT2D eigenvalue weighted by molar-refractivity contribution is 14.0. The first kappa shape index (κ1) is 23.0. The number of pyridine rings is 1. The van der Waals surface area contributed by atoms with Crippen LogP contribution in [0.4, 0.5) is 5.82 Å². The van der Waals surface area contributed by atoms with Gasteiger partial charge in [0.25, 0.3) is 0 Å². The second-order valence-electron chi connectivity index (χ2n) is 6.51. The summed E-state index contributed by atoms with van der Waals surface area (Å²) in [4.78, 5) is 25.4. The number of guanidine groups is 1. The van der Waals surface area contributed by atoms with Crippen molar-refractivity contribution in [3.05, 3.63) is 47.5 Å². The van der Waals surface area contributed by atoms with Gasteiger partial charge in [0.2, 0.25) is 0 Å². The van der Waals surface area contributed by atoms with E-state index >= 15 is 0 Å². The summed E-state index contributed by atoms with van der Waals surface area (Å²) in [6, 6.07) is 7.67. The molecule has 1 saturated heterocycles. The minimum atomic E-state index is -0.394. The quantitative estimate of drug-likeness (QED) is 0.285. The summed E-state index contributed by atoms with van der Waals surface area (Å²) >= 11 is 0. The van der Waals surface area contributed by atoms with Gasteiger partial charge in [0.05, 0.1) is 7.11 Å². The maximum atomic E-state index is 11.7. The zero-order valence-electron chi connectivity index (χ0n) is 17.1. The summed E-state index contributed by atoms with van der Waals surface area (Å²) in [7, 11) is 1.36. The minimum Gasteiger partial charge on any atom is -0.465 e. The molecule has 9 heteroatoms. The van der Waals surface area contributed by atoms with E-state index in [4.69, 9.17) is 14.1 Å². The third-order valence-corrected chi connectivity index (χ3v) is 4.65. The van der Waals surface area contributed by atoms with Crippen LogP contribution in [-0.4, -0.2) is 61.6 Å². The molecule has 3 heterocycles. The van der Waals surface area contributed by atoms with Crippen molar-refractivity contribution < 1.29 is 13.9 Å². The molecule has 8 nitrogen and oxygen atoms in total. The number of carbonyl (C=O) groups is 1. The second-order valence-corrected chi connectivity index (χ2v) is 6.51. The summed E-state index contributed by atoms with van der Waals surface area (Å²) in [5.41, 5.74) is 0.446. The van der Waals surface area contributed by atoms with Gasteiger partial charge in [0.15, 0.2) is 5.96 Å². The number of rotatable bonds is 5. The Morgan fingerprint density at radius 1 is 1.31 bits per heavy atom. The molecule has 0 aromatic carbocycles. The van der Waals surface area contributed by atoms with Crippen molar-refractivity contribution in [2.75, 3.05) is 44.7 Å². The molecule has 0 spiro atoms. The van der Waals surface area contributed by atoms with Crippen LogP contribution in [0, 0.1) is 6.92 Å². The SMILES string of the molecule is CCNC(=NCc1cc(C(=O)OC)c(C)o1)N1CCN(c2ccccn2)CC1.I. The largest absolute Gasteiger partial charge is 0.465 e. The molecule has 0 aliphatic carbocycles. The van der Waals surface area contributed by atoms with E-state index < -0.39 is 5.97 Å². The Kier molecular flexibility index (Phi) is 8.74. The average Bonchev–Trinajstić information content (AvgIpc) is 3.12. The van der Waals surface area contributed by atoms with Gasteiger partial charge in [-0.2, -0.15) is 0 Å². The lowest BCUT2D eigenvalue weighted by atomic mass is 10.2. The molecule has 2 aromatic rings. The number of furan rings is 1. The van der Waals surface area contributed by atoms with Crippen LogP contribution in [0.1, 0.15) is 28.8 Å². The second kappa shape index (κ2) is 11.0. The van der Waals surface area contributed by atoms with Gasteiger partial charge in [-0.1, -0.05) is 6.07 Å². The Labute approximate surface area is 188 Å². The lowest BCUT2D eigenvalue weighted by Gasteiger charge is -2.37. The van der Waals surface area contributed by atoms with Gasteiger partial charge >= 0.3 is 5.97 Å². The van der Waals surface area contributed by atoms with Gasteiger partial charge in [0.1, 0.15) is 29.4 Å². The number of aryl methyl sites for hydroxylation is 1. The van der Waals surface area contributed by atoms with E-state index in [1.165, 1.54) is 7.11 Å². The van der Waals surface area contributed by atoms with E-state index in [2.05, 4.69) is 20.1 Å². The van der Waals surface area contributed by atoms with E-state index in [9.17, 15) is 4.79 Å². The molecule has 0 unspecified atom stereocenters. The summed E-state index contributed by atoms with van der Waals surface area (Å²) in [5, 5.41) is 3.34. The standard InChI is InChI=1S/C20H27N5O3.HI/c1-4-21-20(23-14-16-13-17(15(2)28-16)19(26)27-3)25-11-9-24(10-12-25)18-7-5-6-8-22-18;/h5-8,13H,4,9-12,14H2,1-3H3,(H,21,23);1H. The third kappa shape index (κ3) is 5.84. The van der Waals surface area contributed by atoms with Crippen LogP contribution in [0.25, 0.3) is 0 Å². The molecule has 1 aliphatic rings. The van der Waals surface area contributed by atoms with Gasteiger partial charge in [0, 0.05) is 38.9 Å². The summed E-state index contributed by atoms with van der Waals surface area (Å²) in [6.45, 7) is 8.42. The molecular weight excluding hydrogens is 485 g/mol. The molecule has 1 fully saturated rings. The fourth-order valence-corrected chi connectivity index (χ4v) is 3.20. The highest BCUT2D eigenvalue weighted by Gasteiger charge is 2.21. The summed E-state index contributed by atoms with van der Waals surface area (Å²) in [6.07, 6.45) is 1.82. The molecule has 3 rings (SSSR count). The number of esters is 1. The lowest BCUT2D eigenvalue weighted by molar-refractivity contribution is 0.0599. The normalized spacial score (nSPS) is 14.4. The van der Waals surface area contributed by atoms with Crippen molar-refractivity contribution in [2.24, 2.45) is 4.99 Å². The Balaban J connectivity index is 0.00000300. The van der Waals surface area contributed by atoms with Gasteiger partial charge in [-0.15, -0.1) is 24.0 Å². The molecule has 1 N–H and O–H groups in total. The van der Waals surface area contributed by atoms with Crippen LogP contribution in [0.5, 0.6) is 0 Å². The fourth-order valence-electron chi connectivity index (χ4n) is 3.20. The average molecular weight is 513 g/mol. The first-order valence-electron chi connectivity index (χ1n) is 9.49. The van der Waals surface area contributed by atoms with Crippen LogP contribution in [0.3, 0.4) is 0 Å². The molecule has 0 bridgehead atoms. The first-order valence-corrected chi connectivity index (χ1v) is 9.49. The Hall–Kier alpha value is -2.30. The zero-order chi connectivity index (χ0) is 19.9. The number of ether oxygens (including phenoxy) is 1. The zero-order valence-corrected chi connectivity index (χ0v) is 19.4. The van der Waals surface area contributed by atoms with Gasteiger partial charge in [-0.05, 0) is 32.0 Å². The van der Waals surface area contributed by atoms with Crippen LogP contribution in [0.15, 0.2) is 39.9 Å². The highest BCUT2D eigenvalue weighted by Crippen LogP contribution is 2.17. The van der Waals surface area contributed by atoms with Crippen molar-refractivity contribution in [1.29, 1.82) is 0 Å². The third-order valence-electron chi connectivity index (χ3n) is 4.65. The molecule has 0 atom stereocenters. The molecule has 0 amide bonds. The smallest absolute Gasteiger partial charge is 0.341 e. The number of methoxy groups -OCH3 is 1. The Morgan fingerprint density at radius 2 is 2.07 bits per heavy atom. The van der Waals surface area contributed by atoms with E-state index in [1.807, 2.05) is 31.3 Å². The highest BCUT2D eigenvalue weighted by atomic mass is 127. The molecule has 1 aliphatic heterocycles. The number of nitrogens with one attached hydrogen (secondary N) is 1. The molecule has 0 radical (unpaired) electrons. The van der Waals surface area contributed by atoms with Gasteiger partial charge < -0.3 is 24.3 Å². The Bertz CT molecular complexity index is 817. The predicted octanol–water partition coefficient (Wildman–Crippen LogP) is 2.68. The lowest BCUT2D eigenvalue weighted by Crippen LogP contribution is -2.52. The number of aliphatic imine (C=N–C) groups is 1. The van der Waals surface area contributed by atoms with Crippen LogP contribution in [-0.2, 0) is 11.3 Å². The van der Waals surface area contributed by atoms with Gasteiger partial charge in [-0.3, -0.25) is 0 Å². The van der Waals surface area contributed by atoms with E-state index in [1.54, 1.807) is 13.0 Å². The number of anilines is 1. The minimum absolute atomic E-state index is 0. The fraction of sp³-hybridized carbons (Fsp3) is 0.450. The monoisotopic (exact) mass is 513 g/mol. The van der Waals surface area contributed by atoms with Crippen molar-refractivity contribution in [2.45, 2.75) is 20.4 Å². The number of nitrogens with zero attached hydrogens (tertiary/aromatic N) is 4. The van der Waals surface area contributed by atoms with E-state index in [0.717, 1.165) is 44.5 Å². The van der Waals surface area contributed by atoms with Crippen molar-refractivity contribution in [3.8, 4) is 0 Å². The predicted molar refractivity (Wildman–Crippen MR) is 123 cm³/mol. The number of hydrogen-bond donors (Lipinski definition) is 1. The maximum absolute atomic E-state index is 11.7. The number of aromatic nitrogens is 1.